The Labute approximate surface area is 121 Å². The average Bonchev–Trinajstić information content (AvgIpc) is 2.36. The summed E-state index contributed by atoms with van der Waals surface area (Å²) in [5, 5.41) is 2.88. The van der Waals surface area contributed by atoms with Crippen LogP contribution in [0.15, 0.2) is 46.9 Å². The van der Waals surface area contributed by atoms with Gasteiger partial charge in [-0.15, -0.1) is 0 Å². The lowest BCUT2D eigenvalue weighted by molar-refractivity contribution is -0.137. The monoisotopic (exact) mass is 347 g/mol. The van der Waals surface area contributed by atoms with Gasteiger partial charge in [0.2, 0.25) is 0 Å². The molecule has 20 heavy (non-hydrogen) atoms. The predicted octanol–water partition coefficient (Wildman–Crippen LogP) is 5.22. The predicted molar refractivity (Wildman–Crippen MR) is 72.9 cm³/mol. The molecule has 0 amide bonds. The van der Waals surface area contributed by atoms with Crippen molar-refractivity contribution >= 4 is 21.6 Å². The lowest BCUT2D eigenvalue weighted by atomic mass is 10.1. The SMILES string of the molecule is Fc1ccc(CNc2cc(Br)cc(C(F)(F)F)c2)cc1. The van der Waals surface area contributed by atoms with E-state index in [2.05, 4.69) is 21.2 Å². The van der Waals surface area contributed by atoms with E-state index in [4.69, 9.17) is 0 Å². The van der Waals surface area contributed by atoms with Crippen LogP contribution in [0.2, 0.25) is 0 Å². The highest BCUT2D eigenvalue weighted by Gasteiger charge is 2.31. The zero-order chi connectivity index (χ0) is 14.8. The van der Waals surface area contributed by atoms with Gasteiger partial charge in [0.05, 0.1) is 5.56 Å². The van der Waals surface area contributed by atoms with E-state index in [-0.39, 0.29) is 5.82 Å². The van der Waals surface area contributed by atoms with Crippen LogP contribution in [0.1, 0.15) is 11.1 Å². The van der Waals surface area contributed by atoms with Crippen molar-refractivity contribution < 1.29 is 17.6 Å². The van der Waals surface area contributed by atoms with Crippen LogP contribution in [-0.4, -0.2) is 0 Å². The molecule has 0 aliphatic heterocycles. The highest BCUT2D eigenvalue weighted by Crippen LogP contribution is 2.33. The van der Waals surface area contributed by atoms with Crippen LogP contribution in [0.5, 0.6) is 0 Å². The molecule has 0 spiro atoms. The fourth-order valence-electron chi connectivity index (χ4n) is 1.66. The van der Waals surface area contributed by atoms with E-state index >= 15 is 0 Å². The smallest absolute Gasteiger partial charge is 0.381 e. The molecule has 0 aromatic heterocycles. The van der Waals surface area contributed by atoms with Gasteiger partial charge in [0, 0.05) is 16.7 Å². The maximum Gasteiger partial charge on any atom is 0.416 e. The summed E-state index contributed by atoms with van der Waals surface area (Å²) in [5.74, 6) is -0.351. The maximum atomic E-state index is 12.7. The molecule has 0 aliphatic carbocycles. The van der Waals surface area contributed by atoms with E-state index < -0.39 is 11.7 Å². The van der Waals surface area contributed by atoms with Crippen molar-refractivity contribution in [2.45, 2.75) is 12.7 Å². The largest absolute Gasteiger partial charge is 0.416 e. The second-order valence-corrected chi connectivity index (χ2v) is 5.12. The minimum atomic E-state index is -4.39. The van der Waals surface area contributed by atoms with E-state index in [0.717, 1.165) is 17.7 Å². The van der Waals surface area contributed by atoms with Crippen LogP contribution in [-0.2, 0) is 12.7 Å². The van der Waals surface area contributed by atoms with Crippen molar-refractivity contribution in [3.8, 4) is 0 Å². The number of anilines is 1. The Morgan fingerprint density at radius 1 is 1.00 bits per heavy atom. The van der Waals surface area contributed by atoms with E-state index in [1.807, 2.05) is 0 Å². The van der Waals surface area contributed by atoms with Crippen LogP contribution < -0.4 is 5.32 Å². The molecule has 1 nitrogen and oxygen atoms in total. The average molecular weight is 348 g/mol. The number of hydrogen-bond acceptors (Lipinski definition) is 1. The van der Waals surface area contributed by atoms with Crippen LogP contribution in [0.25, 0.3) is 0 Å². The van der Waals surface area contributed by atoms with Gasteiger partial charge in [-0.2, -0.15) is 13.2 Å². The Morgan fingerprint density at radius 3 is 2.25 bits per heavy atom. The van der Waals surface area contributed by atoms with Gasteiger partial charge in [-0.3, -0.25) is 0 Å². The summed E-state index contributed by atoms with van der Waals surface area (Å²) in [5.41, 5.74) is 0.393. The molecule has 0 bridgehead atoms. The molecule has 6 heteroatoms. The molecule has 0 unspecified atom stereocenters. The molecule has 1 N–H and O–H groups in total. The van der Waals surface area contributed by atoms with E-state index in [1.54, 1.807) is 18.2 Å². The lowest BCUT2D eigenvalue weighted by Gasteiger charge is -2.12. The summed E-state index contributed by atoms with van der Waals surface area (Å²) < 4.78 is 51.1. The summed E-state index contributed by atoms with van der Waals surface area (Å²) >= 11 is 3.05. The van der Waals surface area contributed by atoms with Crippen molar-refractivity contribution in [3.05, 3.63) is 63.9 Å². The molecule has 0 heterocycles. The van der Waals surface area contributed by atoms with Gasteiger partial charge in [-0.05, 0) is 35.9 Å². The zero-order valence-corrected chi connectivity index (χ0v) is 11.7. The fraction of sp³-hybridized carbons (Fsp3) is 0.143. The van der Waals surface area contributed by atoms with Crippen LogP contribution >= 0.6 is 15.9 Å². The van der Waals surface area contributed by atoms with Gasteiger partial charge in [-0.1, -0.05) is 28.1 Å². The number of alkyl halides is 3. The van der Waals surface area contributed by atoms with Gasteiger partial charge in [0.25, 0.3) is 0 Å². The molecule has 0 aliphatic rings. The molecule has 2 rings (SSSR count). The van der Waals surface area contributed by atoms with Crippen molar-refractivity contribution in [3.63, 3.8) is 0 Å². The van der Waals surface area contributed by atoms with Crippen LogP contribution in [0.3, 0.4) is 0 Å². The van der Waals surface area contributed by atoms with Crippen molar-refractivity contribution in [2.75, 3.05) is 5.32 Å². The fourth-order valence-corrected chi connectivity index (χ4v) is 2.15. The minimum absolute atomic E-state index is 0.314. The highest BCUT2D eigenvalue weighted by atomic mass is 79.9. The number of nitrogens with one attached hydrogen (secondary N) is 1. The number of hydrogen-bond donors (Lipinski definition) is 1. The van der Waals surface area contributed by atoms with Gasteiger partial charge in [0.1, 0.15) is 5.82 Å². The Bertz CT molecular complexity index is 593. The normalized spacial score (nSPS) is 11.4. The first kappa shape index (κ1) is 14.8. The summed E-state index contributed by atoms with van der Waals surface area (Å²) in [6, 6.07) is 9.37. The van der Waals surface area contributed by atoms with Gasteiger partial charge in [0.15, 0.2) is 0 Å². The summed E-state index contributed by atoms with van der Waals surface area (Å²) in [6.45, 7) is 0.314. The molecule has 0 saturated carbocycles. The standard InChI is InChI=1S/C14H10BrF4N/c15-11-5-10(14(17,18)19)6-13(7-11)20-8-9-1-3-12(16)4-2-9/h1-7,20H,8H2. The third-order valence-electron chi connectivity index (χ3n) is 2.64. The van der Waals surface area contributed by atoms with Crippen LogP contribution in [0, 0.1) is 5.82 Å². The molecule has 0 atom stereocenters. The van der Waals surface area contributed by atoms with E-state index in [0.29, 0.717) is 16.7 Å². The van der Waals surface area contributed by atoms with Crippen molar-refractivity contribution in [2.24, 2.45) is 0 Å². The lowest BCUT2D eigenvalue weighted by Crippen LogP contribution is -2.07. The first-order valence-electron chi connectivity index (χ1n) is 5.71. The van der Waals surface area contributed by atoms with Crippen molar-refractivity contribution in [1.29, 1.82) is 0 Å². The number of halogens is 5. The Kier molecular flexibility index (Phi) is 4.32. The molecule has 106 valence electrons. The Hall–Kier alpha value is -1.56. The topological polar surface area (TPSA) is 12.0 Å². The Morgan fingerprint density at radius 2 is 1.65 bits per heavy atom. The summed E-state index contributed by atoms with van der Waals surface area (Å²) in [4.78, 5) is 0. The quantitative estimate of drug-likeness (QED) is 0.750. The van der Waals surface area contributed by atoms with Gasteiger partial charge >= 0.3 is 6.18 Å². The first-order chi connectivity index (χ1) is 9.34. The molecule has 0 saturated heterocycles. The molecular formula is C14H10BrF4N. The van der Waals surface area contributed by atoms with E-state index in [1.165, 1.54) is 12.1 Å². The number of rotatable bonds is 3. The molecule has 2 aromatic carbocycles. The minimum Gasteiger partial charge on any atom is -0.381 e. The highest BCUT2D eigenvalue weighted by molar-refractivity contribution is 9.10. The molecule has 0 fully saturated rings. The Balaban J connectivity index is 2.13. The second-order valence-electron chi connectivity index (χ2n) is 4.21. The molecule has 2 aromatic rings. The third kappa shape index (κ3) is 3.96. The van der Waals surface area contributed by atoms with Crippen molar-refractivity contribution in [1.82, 2.24) is 0 Å². The molecule has 0 radical (unpaired) electrons. The van der Waals surface area contributed by atoms with Crippen LogP contribution in [0.4, 0.5) is 23.2 Å². The summed E-state index contributed by atoms with van der Waals surface area (Å²) in [7, 11) is 0. The number of benzene rings is 2. The first-order valence-corrected chi connectivity index (χ1v) is 6.50. The third-order valence-corrected chi connectivity index (χ3v) is 3.09. The maximum absolute atomic E-state index is 12.7. The van der Waals surface area contributed by atoms with Gasteiger partial charge < -0.3 is 5.32 Å². The molecular weight excluding hydrogens is 338 g/mol. The van der Waals surface area contributed by atoms with E-state index in [9.17, 15) is 17.6 Å². The zero-order valence-electron chi connectivity index (χ0n) is 10.1. The van der Waals surface area contributed by atoms with Gasteiger partial charge in [-0.25, -0.2) is 4.39 Å². The summed E-state index contributed by atoms with van der Waals surface area (Å²) in [6.07, 6.45) is -4.39. The second kappa shape index (κ2) is 5.83.